The maximum atomic E-state index is 6.05. The molecular formula is C22H24ClN5. The van der Waals surface area contributed by atoms with Crippen LogP contribution in [0.5, 0.6) is 0 Å². The average molecular weight is 394 g/mol. The van der Waals surface area contributed by atoms with Gasteiger partial charge < -0.3 is 15.1 Å². The van der Waals surface area contributed by atoms with Gasteiger partial charge >= 0.3 is 0 Å². The fourth-order valence-electron chi connectivity index (χ4n) is 3.47. The van der Waals surface area contributed by atoms with E-state index in [0.29, 0.717) is 0 Å². The molecule has 4 rings (SSSR count). The van der Waals surface area contributed by atoms with Crippen molar-refractivity contribution < 1.29 is 0 Å². The summed E-state index contributed by atoms with van der Waals surface area (Å²) in [6.07, 6.45) is 1.81. The summed E-state index contributed by atoms with van der Waals surface area (Å²) < 4.78 is 0. The zero-order chi connectivity index (χ0) is 19.5. The van der Waals surface area contributed by atoms with E-state index in [4.69, 9.17) is 16.6 Å². The Morgan fingerprint density at radius 2 is 1.71 bits per heavy atom. The zero-order valence-electron chi connectivity index (χ0n) is 16.2. The zero-order valence-corrected chi connectivity index (χ0v) is 16.9. The molecule has 2 aromatic carbocycles. The molecule has 144 valence electrons. The molecule has 3 aromatic rings. The predicted molar refractivity (Wildman–Crippen MR) is 117 cm³/mol. The van der Waals surface area contributed by atoms with Gasteiger partial charge in [0.1, 0.15) is 5.82 Å². The molecule has 0 aliphatic carbocycles. The molecule has 0 saturated carbocycles. The Bertz CT molecular complexity index is 967. The number of aryl methyl sites for hydroxylation is 2. The number of piperazine rings is 1. The van der Waals surface area contributed by atoms with Gasteiger partial charge in [-0.1, -0.05) is 23.7 Å². The first-order chi connectivity index (χ1) is 13.6. The molecular weight excluding hydrogens is 370 g/mol. The van der Waals surface area contributed by atoms with Gasteiger partial charge in [0.15, 0.2) is 0 Å². The fourth-order valence-corrected chi connectivity index (χ4v) is 3.69. The average Bonchev–Trinajstić information content (AvgIpc) is 2.71. The highest BCUT2D eigenvalue weighted by atomic mass is 35.5. The number of nitrogens with one attached hydrogen (secondary N) is 1. The van der Waals surface area contributed by atoms with E-state index in [9.17, 15) is 0 Å². The van der Waals surface area contributed by atoms with Crippen molar-refractivity contribution in [2.75, 3.05) is 41.3 Å². The molecule has 0 atom stereocenters. The molecule has 1 fully saturated rings. The summed E-state index contributed by atoms with van der Waals surface area (Å²) in [6.45, 7) is 7.88. The van der Waals surface area contributed by atoms with Crippen LogP contribution in [0.4, 0.5) is 23.1 Å². The molecule has 1 aromatic heterocycles. The van der Waals surface area contributed by atoms with Crippen molar-refractivity contribution >= 4 is 34.7 Å². The van der Waals surface area contributed by atoms with Crippen molar-refractivity contribution in [1.29, 1.82) is 0 Å². The quantitative estimate of drug-likeness (QED) is 0.688. The molecule has 0 bridgehead atoms. The van der Waals surface area contributed by atoms with Crippen molar-refractivity contribution in [2.45, 2.75) is 13.8 Å². The first-order valence-electron chi connectivity index (χ1n) is 9.51. The topological polar surface area (TPSA) is 44.3 Å². The van der Waals surface area contributed by atoms with E-state index in [-0.39, 0.29) is 0 Å². The lowest BCUT2D eigenvalue weighted by molar-refractivity contribution is 0.640. The van der Waals surface area contributed by atoms with Gasteiger partial charge in [-0.15, -0.1) is 0 Å². The maximum Gasteiger partial charge on any atom is 0.227 e. The normalized spacial score (nSPS) is 14.2. The number of halogens is 1. The SMILES string of the molecule is Cc1cccc(N2CCN(c3nccc(Nc4ccc(Cl)cc4C)n3)CC2)c1. The Hall–Kier alpha value is -2.79. The van der Waals surface area contributed by atoms with E-state index in [1.165, 1.54) is 11.3 Å². The summed E-state index contributed by atoms with van der Waals surface area (Å²) in [5.41, 5.74) is 4.66. The predicted octanol–water partition coefficient (Wildman–Crippen LogP) is 4.82. The maximum absolute atomic E-state index is 6.05. The molecule has 5 nitrogen and oxygen atoms in total. The minimum Gasteiger partial charge on any atom is -0.368 e. The number of benzene rings is 2. The number of aromatic nitrogens is 2. The molecule has 6 heteroatoms. The lowest BCUT2D eigenvalue weighted by atomic mass is 10.2. The van der Waals surface area contributed by atoms with E-state index in [2.05, 4.69) is 51.3 Å². The molecule has 1 N–H and O–H groups in total. The molecule has 1 aliphatic heterocycles. The molecule has 0 spiro atoms. The van der Waals surface area contributed by atoms with Crippen LogP contribution in [-0.2, 0) is 0 Å². The third kappa shape index (κ3) is 4.20. The van der Waals surface area contributed by atoms with Gasteiger partial charge in [-0.25, -0.2) is 4.98 Å². The summed E-state index contributed by atoms with van der Waals surface area (Å²) >= 11 is 6.05. The second-order valence-electron chi connectivity index (χ2n) is 7.14. The smallest absolute Gasteiger partial charge is 0.227 e. The van der Waals surface area contributed by atoms with Gasteiger partial charge in [0.05, 0.1) is 0 Å². The first-order valence-corrected chi connectivity index (χ1v) is 9.89. The molecule has 0 unspecified atom stereocenters. The summed E-state index contributed by atoms with van der Waals surface area (Å²) in [7, 11) is 0. The van der Waals surface area contributed by atoms with Crippen LogP contribution in [0.2, 0.25) is 5.02 Å². The summed E-state index contributed by atoms with van der Waals surface area (Å²) in [4.78, 5) is 13.9. The van der Waals surface area contributed by atoms with Gasteiger partial charge in [0.2, 0.25) is 5.95 Å². The molecule has 0 amide bonds. The molecule has 1 aliphatic rings. The van der Waals surface area contributed by atoms with Crippen molar-refractivity contribution in [3.8, 4) is 0 Å². The largest absolute Gasteiger partial charge is 0.368 e. The van der Waals surface area contributed by atoms with Crippen LogP contribution in [0.25, 0.3) is 0 Å². The molecule has 2 heterocycles. The van der Waals surface area contributed by atoms with E-state index >= 15 is 0 Å². The number of hydrogen-bond acceptors (Lipinski definition) is 5. The van der Waals surface area contributed by atoms with Gasteiger partial charge in [0.25, 0.3) is 0 Å². The van der Waals surface area contributed by atoms with Crippen LogP contribution in [0, 0.1) is 13.8 Å². The molecule has 0 radical (unpaired) electrons. The highest BCUT2D eigenvalue weighted by molar-refractivity contribution is 6.30. The Labute approximate surface area is 171 Å². The lowest BCUT2D eigenvalue weighted by Gasteiger charge is -2.36. The van der Waals surface area contributed by atoms with Gasteiger partial charge in [-0.05, 0) is 61.4 Å². The second-order valence-corrected chi connectivity index (χ2v) is 7.58. The molecule has 28 heavy (non-hydrogen) atoms. The van der Waals surface area contributed by atoms with Crippen LogP contribution < -0.4 is 15.1 Å². The minimum atomic E-state index is 0.734. The van der Waals surface area contributed by atoms with Crippen LogP contribution >= 0.6 is 11.6 Å². The number of anilines is 4. The van der Waals surface area contributed by atoms with Crippen LogP contribution in [0.15, 0.2) is 54.7 Å². The first kappa shape index (κ1) is 18.6. The summed E-state index contributed by atoms with van der Waals surface area (Å²) in [5.74, 6) is 1.55. The highest BCUT2D eigenvalue weighted by Crippen LogP contribution is 2.24. The lowest BCUT2D eigenvalue weighted by Crippen LogP contribution is -2.47. The van der Waals surface area contributed by atoms with Crippen molar-refractivity contribution in [3.63, 3.8) is 0 Å². The third-order valence-corrected chi connectivity index (χ3v) is 5.26. The van der Waals surface area contributed by atoms with Crippen LogP contribution in [0.1, 0.15) is 11.1 Å². The standard InChI is InChI=1S/C22H24ClN5/c1-16-4-3-5-19(14-16)27-10-12-28(13-11-27)22-24-9-8-21(26-22)25-20-7-6-18(23)15-17(20)2/h3-9,14-15H,10-13H2,1-2H3,(H,24,25,26). The van der Waals surface area contributed by atoms with Crippen LogP contribution in [0.3, 0.4) is 0 Å². The van der Waals surface area contributed by atoms with Gasteiger partial charge in [-0.2, -0.15) is 4.98 Å². The number of hydrogen-bond donors (Lipinski definition) is 1. The Kier molecular flexibility index (Phi) is 5.35. The minimum absolute atomic E-state index is 0.734. The monoisotopic (exact) mass is 393 g/mol. The Balaban J connectivity index is 1.44. The van der Waals surface area contributed by atoms with Gasteiger partial charge in [-0.3, -0.25) is 0 Å². The van der Waals surface area contributed by atoms with E-state index in [1.54, 1.807) is 0 Å². The van der Waals surface area contributed by atoms with Crippen molar-refractivity contribution in [2.24, 2.45) is 0 Å². The Morgan fingerprint density at radius 3 is 2.46 bits per heavy atom. The summed E-state index contributed by atoms with van der Waals surface area (Å²) in [6, 6.07) is 16.4. The van der Waals surface area contributed by atoms with Crippen molar-refractivity contribution in [3.05, 3.63) is 70.9 Å². The van der Waals surface area contributed by atoms with E-state index < -0.39 is 0 Å². The van der Waals surface area contributed by atoms with E-state index in [0.717, 1.165) is 54.2 Å². The highest BCUT2D eigenvalue weighted by Gasteiger charge is 2.19. The number of nitrogens with zero attached hydrogens (tertiary/aromatic N) is 4. The summed E-state index contributed by atoms with van der Waals surface area (Å²) in [5, 5.41) is 4.11. The Morgan fingerprint density at radius 1 is 0.929 bits per heavy atom. The van der Waals surface area contributed by atoms with Crippen molar-refractivity contribution in [1.82, 2.24) is 9.97 Å². The molecule has 1 saturated heterocycles. The number of rotatable bonds is 4. The second kappa shape index (κ2) is 8.07. The third-order valence-electron chi connectivity index (χ3n) is 5.02. The van der Waals surface area contributed by atoms with Crippen LogP contribution in [-0.4, -0.2) is 36.1 Å². The van der Waals surface area contributed by atoms with E-state index in [1.807, 2.05) is 37.4 Å². The van der Waals surface area contributed by atoms with Gasteiger partial charge in [0, 0.05) is 48.8 Å². The fraction of sp³-hybridized carbons (Fsp3) is 0.273.